The molecule has 6 heteroatoms. The zero-order valence-electron chi connectivity index (χ0n) is 17.7. The number of carbonyl (C=O) groups is 1. The van der Waals surface area contributed by atoms with Crippen LogP contribution in [0.15, 0.2) is 53.6 Å². The summed E-state index contributed by atoms with van der Waals surface area (Å²) in [6.07, 6.45) is 0.669. The summed E-state index contributed by atoms with van der Waals surface area (Å²) in [5.74, 6) is 0.0342. The first kappa shape index (κ1) is 21.0. The first-order valence-electron chi connectivity index (χ1n) is 10.7. The normalized spacial score (nSPS) is 20.4. The van der Waals surface area contributed by atoms with Crippen LogP contribution in [0.1, 0.15) is 36.1 Å². The number of aryl methyl sites for hydroxylation is 1. The highest BCUT2D eigenvalue weighted by molar-refractivity contribution is 6.31. The molecular formula is C24H29ClN4O. The first-order valence-corrected chi connectivity index (χ1v) is 11.1. The standard InChI is InChI=1S/C24H29ClN4O/c1-3-27-12-14-28(15-13-27)17-24(30)29-23(20-6-4-5-7-21(20)25)16-22(26-29)19-10-8-18(2)9-11-19/h4-11,23H,3,12-17H2,1-2H3/t23-/m1/s1. The van der Waals surface area contributed by atoms with Gasteiger partial charge in [-0.2, -0.15) is 5.10 Å². The van der Waals surface area contributed by atoms with Crippen LogP contribution in [0.3, 0.4) is 0 Å². The van der Waals surface area contributed by atoms with Crippen LogP contribution >= 0.6 is 11.6 Å². The quantitative estimate of drug-likeness (QED) is 0.729. The molecule has 4 rings (SSSR count). The van der Waals surface area contributed by atoms with E-state index in [0.29, 0.717) is 18.0 Å². The van der Waals surface area contributed by atoms with Crippen LogP contribution in [0.25, 0.3) is 0 Å². The largest absolute Gasteiger partial charge is 0.301 e. The van der Waals surface area contributed by atoms with Crippen LogP contribution in [0.4, 0.5) is 0 Å². The fourth-order valence-corrected chi connectivity index (χ4v) is 4.44. The molecule has 158 valence electrons. The lowest BCUT2D eigenvalue weighted by atomic mass is 9.98. The average molecular weight is 425 g/mol. The Labute approximate surface area is 183 Å². The van der Waals surface area contributed by atoms with Crippen LogP contribution in [0, 0.1) is 6.92 Å². The molecule has 0 aromatic heterocycles. The minimum Gasteiger partial charge on any atom is -0.301 e. The van der Waals surface area contributed by atoms with Gasteiger partial charge < -0.3 is 4.90 Å². The number of likely N-dealkylation sites (N-methyl/N-ethyl adjacent to an activating group) is 1. The van der Waals surface area contributed by atoms with E-state index in [4.69, 9.17) is 16.7 Å². The maximum Gasteiger partial charge on any atom is 0.257 e. The molecule has 1 saturated heterocycles. The fraction of sp³-hybridized carbons (Fsp3) is 0.417. The summed E-state index contributed by atoms with van der Waals surface area (Å²) in [5.41, 5.74) is 4.15. The molecule has 2 aromatic carbocycles. The number of hydrazone groups is 1. The summed E-state index contributed by atoms with van der Waals surface area (Å²) in [7, 11) is 0. The number of piperazine rings is 1. The fourth-order valence-electron chi connectivity index (χ4n) is 4.18. The Morgan fingerprint density at radius 2 is 1.70 bits per heavy atom. The summed E-state index contributed by atoms with van der Waals surface area (Å²) in [6.45, 7) is 9.56. The van der Waals surface area contributed by atoms with Gasteiger partial charge in [-0.05, 0) is 30.7 Å². The predicted molar refractivity (Wildman–Crippen MR) is 122 cm³/mol. The van der Waals surface area contributed by atoms with Gasteiger partial charge in [0.05, 0.1) is 18.3 Å². The number of amides is 1. The van der Waals surface area contributed by atoms with Crippen molar-refractivity contribution in [1.29, 1.82) is 0 Å². The second-order valence-corrected chi connectivity index (χ2v) is 8.51. The van der Waals surface area contributed by atoms with Gasteiger partial charge in [-0.3, -0.25) is 9.69 Å². The van der Waals surface area contributed by atoms with Crippen LogP contribution in [-0.4, -0.2) is 65.7 Å². The number of halogens is 1. The lowest BCUT2D eigenvalue weighted by molar-refractivity contribution is -0.134. The van der Waals surface area contributed by atoms with E-state index < -0.39 is 0 Å². The van der Waals surface area contributed by atoms with Crippen molar-refractivity contribution < 1.29 is 4.79 Å². The average Bonchev–Trinajstić information content (AvgIpc) is 3.20. The third-order valence-electron chi connectivity index (χ3n) is 6.09. The molecule has 1 amide bonds. The Morgan fingerprint density at radius 1 is 1.03 bits per heavy atom. The van der Waals surface area contributed by atoms with Gasteiger partial charge in [-0.1, -0.05) is 66.6 Å². The third kappa shape index (κ3) is 4.59. The zero-order chi connectivity index (χ0) is 21.1. The summed E-state index contributed by atoms with van der Waals surface area (Å²) in [6, 6.07) is 15.9. The monoisotopic (exact) mass is 424 g/mol. The minimum absolute atomic E-state index is 0.0342. The molecule has 0 saturated carbocycles. The first-order chi connectivity index (χ1) is 14.5. The van der Waals surface area contributed by atoms with Crippen molar-refractivity contribution in [3.8, 4) is 0 Å². The molecule has 30 heavy (non-hydrogen) atoms. The van der Waals surface area contributed by atoms with E-state index in [1.807, 2.05) is 24.3 Å². The predicted octanol–water partition coefficient (Wildman–Crippen LogP) is 3.96. The molecule has 0 aliphatic carbocycles. The van der Waals surface area contributed by atoms with E-state index in [1.165, 1.54) is 5.56 Å². The van der Waals surface area contributed by atoms with Gasteiger partial charge >= 0.3 is 0 Å². The Balaban J connectivity index is 1.56. The van der Waals surface area contributed by atoms with Gasteiger partial charge in [0.2, 0.25) is 0 Å². The Morgan fingerprint density at radius 3 is 2.37 bits per heavy atom. The Hall–Kier alpha value is -2.21. The van der Waals surface area contributed by atoms with E-state index in [1.54, 1.807) is 5.01 Å². The number of hydrogen-bond acceptors (Lipinski definition) is 4. The highest BCUT2D eigenvalue weighted by atomic mass is 35.5. The zero-order valence-corrected chi connectivity index (χ0v) is 18.5. The van der Waals surface area contributed by atoms with Gasteiger partial charge in [-0.25, -0.2) is 5.01 Å². The van der Waals surface area contributed by atoms with Crippen molar-refractivity contribution in [2.24, 2.45) is 5.10 Å². The lowest BCUT2D eigenvalue weighted by Gasteiger charge is -2.34. The van der Waals surface area contributed by atoms with Gasteiger partial charge in [0.25, 0.3) is 5.91 Å². The Bertz CT molecular complexity index is 919. The molecule has 0 bridgehead atoms. The molecule has 5 nitrogen and oxygen atoms in total. The molecule has 2 aromatic rings. The van der Waals surface area contributed by atoms with Crippen molar-refractivity contribution in [3.63, 3.8) is 0 Å². The highest BCUT2D eigenvalue weighted by Crippen LogP contribution is 2.36. The van der Waals surface area contributed by atoms with Gasteiger partial charge in [0.1, 0.15) is 0 Å². The maximum absolute atomic E-state index is 13.3. The van der Waals surface area contributed by atoms with Crippen molar-refractivity contribution in [3.05, 3.63) is 70.2 Å². The molecule has 1 atom stereocenters. The second kappa shape index (κ2) is 9.29. The van der Waals surface area contributed by atoms with E-state index >= 15 is 0 Å². The van der Waals surface area contributed by atoms with Gasteiger partial charge in [-0.15, -0.1) is 0 Å². The van der Waals surface area contributed by atoms with Crippen molar-refractivity contribution >= 4 is 23.2 Å². The van der Waals surface area contributed by atoms with Crippen LogP contribution < -0.4 is 0 Å². The van der Waals surface area contributed by atoms with E-state index in [2.05, 4.69) is 47.9 Å². The van der Waals surface area contributed by atoms with Crippen molar-refractivity contribution in [1.82, 2.24) is 14.8 Å². The summed E-state index contributed by atoms with van der Waals surface area (Å²) < 4.78 is 0. The molecule has 0 unspecified atom stereocenters. The van der Waals surface area contributed by atoms with E-state index in [9.17, 15) is 4.79 Å². The number of carbonyl (C=O) groups excluding carboxylic acids is 1. The molecule has 2 aliphatic rings. The molecule has 0 spiro atoms. The summed E-state index contributed by atoms with van der Waals surface area (Å²) >= 11 is 6.51. The number of rotatable bonds is 5. The number of benzene rings is 2. The molecule has 1 fully saturated rings. The number of nitrogens with zero attached hydrogens (tertiary/aromatic N) is 4. The summed E-state index contributed by atoms with van der Waals surface area (Å²) in [5, 5.41) is 7.14. The van der Waals surface area contributed by atoms with E-state index in [0.717, 1.165) is 49.6 Å². The molecular weight excluding hydrogens is 396 g/mol. The SMILES string of the molecule is CCN1CCN(CC(=O)N2N=C(c3ccc(C)cc3)C[C@@H]2c2ccccc2Cl)CC1. The van der Waals surface area contributed by atoms with Gasteiger partial charge in [0, 0.05) is 37.6 Å². The smallest absolute Gasteiger partial charge is 0.257 e. The molecule has 0 radical (unpaired) electrons. The van der Waals surface area contributed by atoms with Crippen LogP contribution in [0.5, 0.6) is 0 Å². The molecule has 2 aliphatic heterocycles. The molecule has 0 N–H and O–H groups in total. The maximum atomic E-state index is 13.3. The second-order valence-electron chi connectivity index (χ2n) is 8.10. The topological polar surface area (TPSA) is 39.1 Å². The minimum atomic E-state index is -0.167. The van der Waals surface area contributed by atoms with Gasteiger partial charge in [0.15, 0.2) is 0 Å². The van der Waals surface area contributed by atoms with Crippen LogP contribution in [0.2, 0.25) is 5.02 Å². The Kier molecular flexibility index (Phi) is 6.52. The van der Waals surface area contributed by atoms with Crippen LogP contribution in [-0.2, 0) is 4.79 Å². The van der Waals surface area contributed by atoms with Crippen molar-refractivity contribution in [2.75, 3.05) is 39.3 Å². The summed E-state index contributed by atoms with van der Waals surface area (Å²) in [4.78, 5) is 18.0. The van der Waals surface area contributed by atoms with Crippen molar-refractivity contribution in [2.45, 2.75) is 26.3 Å². The van der Waals surface area contributed by atoms with E-state index in [-0.39, 0.29) is 11.9 Å². The number of hydrogen-bond donors (Lipinski definition) is 0. The third-order valence-corrected chi connectivity index (χ3v) is 6.43. The molecule has 2 heterocycles. The highest BCUT2D eigenvalue weighted by Gasteiger charge is 2.35. The lowest BCUT2D eigenvalue weighted by Crippen LogP contribution is -2.49.